The summed E-state index contributed by atoms with van der Waals surface area (Å²) in [6, 6.07) is 12.2. The topological polar surface area (TPSA) is 38.7 Å². The van der Waals surface area contributed by atoms with Crippen molar-refractivity contribution in [3.8, 4) is 11.5 Å². The van der Waals surface area contributed by atoms with E-state index in [1.165, 1.54) is 0 Å². The minimum absolute atomic E-state index is 0.576. The molecule has 0 saturated carbocycles. The summed E-state index contributed by atoms with van der Waals surface area (Å²) in [5.41, 5.74) is 1.45. The molecule has 0 heterocycles. The van der Waals surface area contributed by atoms with Crippen LogP contribution in [0.1, 0.15) is 15.9 Å². The second kappa shape index (κ2) is 6.16. The highest BCUT2D eigenvalue weighted by atomic mass is 35.5. The minimum Gasteiger partial charge on any atom is -0.457 e. The molecular formula is C15H12ClNO2. The number of benzene rings is 2. The molecule has 0 radical (unpaired) electrons. The van der Waals surface area contributed by atoms with E-state index in [1.807, 2.05) is 12.1 Å². The Balaban J connectivity index is 2.18. The van der Waals surface area contributed by atoms with Gasteiger partial charge in [-0.25, -0.2) is 0 Å². The van der Waals surface area contributed by atoms with Gasteiger partial charge in [0.1, 0.15) is 17.8 Å². The van der Waals surface area contributed by atoms with Crippen molar-refractivity contribution in [1.29, 1.82) is 0 Å². The Morgan fingerprint density at radius 1 is 1.11 bits per heavy atom. The summed E-state index contributed by atoms with van der Waals surface area (Å²) in [4.78, 5) is 14.5. The summed E-state index contributed by atoms with van der Waals surface area (Å²) in [6.07, 6.45) is 2.48. The van der Waals surface area contributed by atoms with Crippen LogP contribution in [0.2, 0.25) is 5.02 Å². The van der Waals surface area contributed by atoms with Crippen molar-refractivity contribution in [2.24, 2.45) is 4.99 Å². The maximum absolute atomic E-state index is 10.5. The van der Waals surface area contributed by atoms with E-state index < -0.39 is 0 Å². The van der Waals surface area contributed by atoms with E-state index in [-0.39, 0.29) is 0 Å². The Labute approximate surface area is 116 Å². The molecule has 0 bridgehead atoms. The van der Waals surface area contributed by atoms with Gasteiger partial charge < -0.3 is 4.74 Å². The van der Waals surface area contributed by atoms with Crippen LogP contribution < -0.4 is 4.74 Å². The molecule has 4 heteroatoms. The third-order valence-electron chi connectivity index (χ3n) is 2.49. The van der Waals surface area contributed by atoms with Gasteiger partial charge in [0.2, 0.25) is 0 Å². The first-order chi connectivity index (χ1) is 9.22. The molecule has 0 spiro atoms. The molecule has 0 aliphatic carbocycles. The molecule has 0 atom stereocenters. The van der Waals surface area contributed by atoms with Crippen molar-refractivity contribution in [1.82, 2.24) is 0 Å². The molecule has 2 rings (SSSR count). The minimum atomic E-state index is 0.576. The van der Waals surface area contributed by atoms with Gasteiger partial charge in [-0.2, -0.15) is 0 Å². The van der Waals surface area contributed by atoms with Crippen LogP contribution in [0.15, 0.2) is 47.5 Å². The normalized spacial score (nSPS) is 10.6. The van der Waals surface area contributed by atoms with E-state index >= 15 is 0 Å². The maximum Gasteiger partial charge on any atom is 0.150 e. The van der Waals surface area contributed by atoms with E-state index in [2.05, 4.69) is 4.99 Å². The number of carbonyl (C=O) groups is 1. The summed E-state index contributed by atoms with van der Waals surface area (Å²) in [7, 11) is 1.69. The fourth-order valence-corrected chi connectivity index (χ4v) is 1.78. The molecule has 3 nitrogen and oxygen atoms in total. The van der Waals surface area contributed by atoms with Gasteiger partial charge in [-0.3, -0.25) is 9.79 Å². The summed E-state index contributed by atoms with van der Waals surface area (Å²) in [5.74, 6) is 1.29. The van der Waals surface area contributed by atoms with Gasteiger partial charge >= 0.3 is 0 Å². The van der Waals surface area contributed by atoms with Crippen molar-refractivity contribution in [3.63, 3.8) is 0 Å². The second-order valence-corrected chi connectivity index (χ2v) is 4.27. The first kappa shape index (κ1) is 13.3. The number of hydrogen-bond donors (Lipinski definition) is 0. The molecule has 0 aliphatic rings. The van der Waals surface area contributed by atoms with Crippen LogP contribution in [0.4, 0.5) is 0 Å². The molecule has 0 aliphatic heterocycles. The van der Waals surface area contributed by atoms with Crippen molar-refractivity contribution < 1.29 is 9.53 Å². The lowest BCUT2D eigenvalue weighted by molar-refractivity contribution is 0.112. The standard InChI is InChI=1S/C15H12ClNO2/c1-17-9-12-4-7-14(8-15(12)16)19-13-5-2-11(10-18)3-6-13/h2-10H,1H3. The number of ether oxygens (including phenoxy) is 1. The van der Waals surface area contributed by atoms with E-state index in [9.17, 15) is 4.79 Å². The van der Waals surface area contributed by atoms with Crippen LogP contribution in [-0.2, 0) is 0 Å². The average Bonchev–Trinajstić information content (AvgIpc) is 2.43. The smallest absolute Gasteiger partial charge is 0.150 e. The zero-order chi connectivity index (χ0) is 13.7. The lowest BCUT2D eigenvalue weighted by Crippen LogP contribution is -1.88. The van der Waals surface area contributed by atoms with Crippen molar-refractivity contribution in [2.75, 3.05) is 7.05 Å². The maximum atomic E-state index is 10.5. The van der Waals surface area contributed by atoms with Crippen molar-refractivity contribution >= 4 is 24.1 Å². The van der Waals surface area contributed by atoms with Crippen LogP contribution in [0.25, 0.3) is 0 Å². The predicted octanol–water partition coefficient (Wildman–Crippen LogP) is 3.99. The zero-order valence-corrected chi connectivity index (χ0v) is 11.1. The first-order valence-corrected chi connectivity index (χ1v) is 6.05. The van der Waals surface area contributed by atoms with Gasteiger partial charge in [-0.05, 0) is 36.4 Å². The monoisotopic (exact) mass is 273 g/mol. The van der Waals surface area contributed by atoms with Crippen LogP contribution >= 0.6 is 11.6 Å². The highest BCUT2D eigenvalue weighted by Gasteiger charge is 2.02. The molecule has 0 saturated heterocycles. The van der Waals surface area contributed by atoms with Crippen LogP contribution in [-0.4, -0.2) is 19.5 Å². The molecule has 0 N–H and O–H groups in total. The largest absolute Gasteiger partial charge is 0.457 e. The number of carbonyl (C=O) groups excluding carboxylic acids is 1. The summed E-state index contributed by atoms with van der Waals surface area (Å²) < 4.78 is 5.65. The van der Waals surface area contributed by atoms with Crippen LogP contribution in [0.3, 0.4) is 0 Å². The van der Waals surface area contributed by atoms with Gasteiger partial charge in [-0.15, -0.1) is 0 Å². The molecule has 0 aromatic heterocycles. The van der Waals surface area contributed by atoms with E-state index in [1.54, 1.807) is 43.6 Å². The molecule has 96 valence electrons. The second-order valence-electron chi connectivity index (χ2n) is 3.86. The van der Waals surface area contributed by atoms with Crippen molar-refractivity contribution in [2.45, 2.75) is 0 Å². The Hall–Kier alpha value is -2.13. The first-order valence-electron chi connectivity index (χ1n) is 5.68. The third-order valence-corrected chi connectivity index (χ3v) is 2.82. The lowest BCUT2D eigenvalue weighted by Gasteiger charge is -2.07. The number of nitrogens with zero attached hydrogens (tertiary/aromatic N) is 1. The Bertz CT molecular complexity index is 606. The zero-order valence-electron chi connectivity index (χ0n) is 10.3. The number of rotatable bonds is 4. The van der Waals surface area contributed by atoms with E-state index in [0.717, 1.165) is 11.8 Å². The van der Waals surface area contributed by atoms with E-state index in [4.69, 9.17) is 16.3 Å². The average molecular weight is 274 g/mol. The SMILES string of the molecule is CN=Cc1ccc(Oc2ccc(C=O)cc2)cc1Cl. The number of aliphatic imine (C=N–C) groups is 1. The summed E-state index contributed by atoms with van der Waals surface area (Å²) in [6.45, 7) is 0. The molecule has 0 amide bonds. The lowest BCUT2D eigenvalue weighted by atomic mass is 10.2. The predicted molar refractivity (Wildman–Crippen MR) is 76.9 cm³/mol. The fraction of sp³-hybridized carbons (Fsp3) is 0.0667. The third kappa shape index (κ3) is 3.42. The molecule has 0 fully saturated rings. The summed E-state index contributed by atoms with van der Waals surface area (Å²) >= 11 is 6.10. The van der Waals surface area contributed by atoms with Gasteiger partial charge in [0.15, 0.2) is 0 Å². The van der Waals surface area contributed by atoms with Gasteiger partial charge in [-0.1, -0.05) is 11.6 Å². The molecule has 2 aromatic carbocycles. The molecule has 19 heavy (non-hydrogen) atoms. The van der Waals surface area contributed by atoms with Crippen LogP contribution in [0, 0.1) is 0 Å². The number of aldehydes is 1. The van der Waals surface area contributed by atoms with Gasteiger partial charge in [0, 0.05) is 30.5 Å². The Morgan fingerprint density at radius 2 is 1.79 bits per heavy atom. The molecular weight excluding hydrogens is 262 g/mol. The highest BCUT2D eigenvalue weighted by molar-refractivity contribution is 6.33. The van der Waals surface area contributed by atoms with Gasteiger partial charge in [0.05, 0.1) is 5.02 Å². The van der Waals surface area contributed by atoms with Crippen molar-refractivity contribution in [3.05, 3.63) is 58.6 Å². The highest BCUT2D eigenvalue weighted by Crippen LogP contribution is 2.26. The number of hydrogen-bond acceptors (Lipinski definition) is 3. The van der Waals surface area contributed by atoms with E-state index in [0.29, 0.717) is 22.1 Å². The van der Waals surface area contributed by atoms with Crippen LogP contribution in [0.5, 0.6) is 11.5 Å². The Kier molecular flexibility index (Phi) is 4.31. The van der Waals surface area contributed by atoms with Gasteiger partial charge in [0.25, 0.3) is 0 Å². The summed E-state index contributed by atoms with van der Waals surface area (Å²) in [5, 5.41) is 0.576. The quantitative estimate of drug-likeness (QED) is 0.624. The molecule has 0 unspecified atom stereocenters. The number of halogens is 1. The Morgan fingerprint density at radius 3 is 2.37 bits per heavy atom. The fourth-order valence-electron chi connectivity index (χ4n) is 1.57. The molecule has 2 aromatic rings.